The van der Waals surface area contributed by atoms with Crippen LogP contribution in [0.2, 0.25) is 0 Å². The second kappa shape index (κ2) is 8.33. The molecule has 2 amide bonds. The van der Waals surface area contributed by atoms with Crippen molar-refractivity contribution in [2.45, 2.75) is 64.3 Å². The van der Waals surface area contributed by atoms with Crippen LogP contribution in [0.25, 0.3) is 0 Å². The molecule has 3 heterocycles. The third-order valence-electron chi connectivity index (χ3n) is 5.26. The summed E-state index contributed by atoms with van der Waals surface area (Å²) in [7, 11) is -3.12. The first-order valence-corrected chi connectivity index (χ1v) is 11.8. The van der Waals surface area contributed by atoms with E-state index in [4.69, 9.17) is 4.74 Å². The molecule has 0 radical (unpaired) electrons. The highest BCUT2D eigenvalue weighted by atomic mass is 32.2. The minimum atomic E-state index is -3.12. The fourth-order valence-electron chi connectivity index (χ4n) is 3.97. The van der Waals surface area contributed by atoms with Gasteiger partial charge in [0.15, 0.2) is 9.84 Å². The summed E-state index contributed by atoms with van der Waals surface area (Å²) in [6, 6.07) is 1.33. The number of nitrogens with zero attached hydrogens (tertiary/aromatic N) is 4. The second-order valence-electron chi connectivity index (χ2n) is 8.76. The van der Waals surface area contributed by atoms with Crippen LogP contribution in [0.1, 0.15) is 40.0 Å². The van der Waals surface area contributed by atoms with Crippen molar-refractivity contribution in [3.8, 4) is 0 Å². The van der Waals surface area contributed by atoms with Gasteiger partial charge < -0.3 is 14.5 Å². The van der Waals surface area contributed by atoms with E-state index in [0.29, 0.717) is 32.4 Å². The number of hydrogen-bond acceptors (Lipinski definition) is 6. The van der Waals surface area contributed by atoms with E-state index in [0.717, 1.165) is 0 Å². The van der Waals surface area contributed by atoms with Gasteiger partial charge >= 0.3 is 6.09 Å². The molecule has 0 bridgehead atoms. The molecule has 2 saturated heterocycles. The lowest BCUT2D eigenvalue weighted by atomic mass is 10.0. The highest BCUT2D eigenvalue weighted by molar-refractivity contribution is 7.91. The third kappa shape index (κ3) is 5.71. The zero-order chi connectivity index (χ0) is 21.2. The summed E-state index contributed by atoms with van der Waals surface area (Å²) in [4.78, 5) is 28.8. The number of carbonyl (C=O) groups excluding carboxylic acids is 2. The van der Waals surface area contributed by atoms with E-state index < -0.39 is 15.4 Å². The summed E-state index contributed by atoms with van der Waals surface area (Å²) in [6.45, 7) is 6.51. The summed E-state index contributed by atoms with van der Waals surface area (Å²) in [5.41, 5.74) is -0.558. The van der Waals surface area contributed by atoms with Gasteiger partial charge in [0.1, 0.15) is 12.1 Å². The number of likely N-dealkylation sites (tertiary alicyclic amines) is 1. The van der Waals surface area contributed by atoms with Crippen molar-refractivity contribution in [3.63, 3.8) is 0 Å². The average molecular weight is 427 g/mol. The maximum Gasteiger partial charge on any atom is 0.410 e. The first kappa shape index (κ1) is 21.6. The number of hydrogen-bond donors (Lipinski definition) is 0. The number of rotatable bonds is 4. The molecule has 2 aliphatic rings. The lowest BCUT2D eigenvalue weighted by Gasteiger charge is -2.41. The van der Waals surface area contributed by atoms with E-state index in [9.17, 15) is 18.0 Å². The first-order chi connectivity index (χ1) is 13.5. The molecule has 1 aromatic heterocycles. The molecule has 0 saturated carbocycles. The third-order valence-corrected chi connectivity index (χ3v) is 7.01. The van der Waals surface area contributed by atoms with Crippen LogP contribution >= 0.6 is 0 Å². The van der Waals surface area contributed by atoms with Crippen LogP contribution in [0.4, 0.5) is 4.79 Å². The zero-order valence-electron chi connectivity index (χ0n) is 17.3. The van der Waals surface area contributed by atoms with Gasteiger partial charge in [-0.25, -0.2) is 13.2 Å². The molecule has 2 fully saturated rings. The minimum absolute atomic E-state index is 0.00409. The summed E-state index contributed by atoms with van der Waals surface area (Å²) in [5.74, 6) is -0.0177. The largest absolute Gasteiger partial charge is 0.444 e. The Labute approximate surface area is 171 Å². The lowest BCUT2D eigenvalue weighted by Crippen LogP contribution is -2.54. The molecular formula is C19H30N4O5S. The average Bonchev–Trinajstić information content (AvgIpc) is 3.23. The maximum absolute atomic E-state index is 13.1. The monoisotopic (exact) mass is 426 g/mol. The van der Waals surface area contributed by atoms with Crippen LogP contribution in [0.15, 0.2) is 18.5 Å². The number of piperidine rings is 1. The highest BCUT2D eigenvalue weighted by Gasteiger charge is 2.40. The van der Waals surface area contributed by atoms with Crippen molar-refractivity contribution in [3.05, 3.63) is 18.5 Å². The molecule has 1 aromatic rings. The number of ether oxygens (including phenoxy) is 1. The van der Waals surface area contributed by atoms with E-state index in [2.05, 4.69) is 5.10 Å². The van der Waals surface area contributed by atoms with Crippen LogP contribution in [-0.4, -0.2) is 82.3 Å². The Kier molecular flexibility index (Phi) is 6.21. The summed E-state index contributed by atoms with van der Waals surface area (Å²) >= 11 is 0. The minimum Gasteiger partial charge on any atom is -0.444 e. The highest BCUT2D eigenvalue weighted by Crippen LogP contribution is 2.26. The predicted molar refractivity (Wildman–Crippen MR) is 107 cm³/mol. The van der Waals surface area contributed by atoms with Gasteiger partial charge in [-0.05, 0) is 46.1 Å². The molecule has 0 aromatic carbocycles. The molecule has 3 rings (SSSR count). The van der Waals surface area contributed by atoms with E-state index in [1.54, 1.807) is 32.9 Å². The molecule has 162 valence electrons. The Morgan fingerprint density at radius 1 is 1.17 bits per heavy atom. The second-order valence-corrected chi connectivity index (χ2v) is 11.0. The SMILES string of the molecule is CC(C)(C)OC(=O)N1CCC(N(C(=O)Cn2cccn2)C2CCS(=O)(=O)C2)CC1. The number of aromatic nitrogens is 2. The molecule has 1 atom stereocenters. The van der Waals surface area contributed by atoms with Crippen molar-refractivity contribution in [1.82, 2.24) is 19.6 Å². The van der Waals surface area contributed by atoms with Crippen molar-refractivity contribution in [1.29, 1.82) is 0 Å². The Bertz CT molecular complexity index is 823. The molecular weight excluding hydrogens is 396 g/mol. The van der Waals surface area contributed by atoms with Gasteiger partial charge in [-0.1, -0.05) is 0 Å². The van der Waals surface area contributed by atoms with Gasteiger partial charge in [0.05, 0.1) is 11.5 Å². The summed E-state index contributed by atoms with van der Waals surface area (Å²) in [5, 5.41) is 4.09. The molecule has 10 heteroatoms. The van der Waals surface area contributed by atoms with Crippen molar-refractivity contribution in [2.75, 3.05) is 24.6 Å². The molecule has 0 N–H and O–H groups in total. The number of carbonyl (C=O) groups is 2. The van der Waals surface area contributed by atoms with Gasteiger partial charge in [-0.3, -0.25) is 9.48 Å². The Morgan fingerprint density at radius 2 is 1.86 bits per heavy atom. The quantitative estimate of drug-likeness (QED) is 0.719. The van der Waals surface area contributed by atoms with Crippen LogP contribution in [-0.2, 0) is 25.9 Å². The Hall–Kier alpha value is -2.10. The molecule has 2 aliphatic heterocycles. The molecule has 0 aliphatic carbocycles. The number of amides is 2. The van der Waals surface area contributed by atoms with Gasteiger partial charge in [0, 0.05) is 37.6 Å². The topological polar surface area (TPSA) is 102 Å². The smallest absolute Gasteiger partial charge is 0.410 e. The summed E-state index contributed by atoms with van der Waals surface area (Å²) < 4.78 is 31.0. The zero-order valence-corrected chi connectivity index (χ0v) is 18.1. The molecule has 1 unspecified atom stereocenters. The van der Waals surface area contributed by atoms with E-state index in [1.165, 1.54) is 0 Å². The van der Waals surface area contributed by atoms with Crippen LogP contribution in [0, 0.1) is 0 Å². The van der Waals surface area contributed by atoms with Gasteiger partial charge in [-0.15, -0.1) is 0 Å². The normalized spacial score (nSPS) is 22.4. The van der Waals surface area contributed by atoms with Crippen molar-refractivity contribution < 1.29 is 22.7 Å². The maximum atomic E-state index is 13.1. The van der Waals surface area contributed by atoms with Crippen LogP contribution in [0.5, 0.6) is 0 Å². The Balaban J connectivity index is 1.68. The van der Waals surface area contributed by atoms with Crippen LogP contribution < -0.4 is 0 Å². The lowest BCUT2D eigenvalue weighted by molar-refractivity contribution is -0.137. The fourth-order valence-corrected chi connectivity index (χ4v) is 5.68. The first-order valence-electron chi connectivity index (χ1n) is 10.0. The standard InChI is InChI=1S/C19H30N4O5S/c1-19(2,3)28-18(25)21-10-5-15(6-11-21)23(16-7-12-29(26,27)14-16)17(24)13-22-9-4-8-20-22/h4,8-9,15-16H,5-7,10-14H2,1-3H3. The summed E-state index contributed by atoms with van der Waals surface area (Å²) in [6.07, 6.45) is 4.62. The molecule has 29 heavy (non-hydrogen) atoms. The van der Waals surface area contributed by atoms with Gasteiger partial charge in [-0.2, -0.15) is 5.10 Å². The van der Waals surface area contributed by atoms with Crippen molar-refractivity contribution in [2.24, 2.45) is 0 Å². The van der Waals surface area contributed by atoms with E-state index in [-0.39, 0.29) is 42.1 Å². The van der Waals surface area contributed by atoms with E-state index >= 15 is 0 Å². The number of sulfone groups is 1. The van der Waals surface area contributed by atoms with Crippen molar-refractivity contribution >= 4 is 21.8 Å². The van der Waals surface area contributed by atoms with E-state index in [1.807, 2.05) is 20.8 Å². The van der Waals surface area contributed by atoms with Gasteiger partial charge in [0.2, 0.25) is 5.91 Å². The molecule has 0 spiro atoms. The fraction of sp³-hybridized carbons (Fsp3) is 0.737. The van der Waals surface area contributed by atoms with Crippen LogP contribution in [0.3, 0.4) is 0 Å². The predicted octanol–water partition coefficient (Wildman–Crippen LogP) is 1.30. The Morgan fingerprint density at radius 3 is 2.38 bits per heavy atom. The molecule has 9 nitrogen and oxygen atoms in total. The van der Waals surface area contributed by atoms with Gasteiger partial charge in [0.25, 0.3) is 0 Å².